The summed E-state index contributed by atoms with van der Waals surface area (Å²) in [4.78, 5) is 21.2. The maximum atomic E-state index is 12.9. The monoisotopic (exact) mass is 557 g/mol. The molecule has 0 fully saturated rings. The van der Waals surface area contributed by atoms with Crippen LogP contribution >= 0.6 is 23.2 Å². The second kappa shape index (κ2) is 10.6. The molecular weight excluding hydrogens is 538 g/mol. The van der Waals surface area contributed by atoms with Gasteiger partial charge in [0, 0.05) is 24.1 Å². The Labute approximate surface area is 226 Å². The second-order valence-electron chi connectivity index (χ2n) is 8.79. The molecule has 1 aromatic heterocycles. The zero-order valence-electron chi connectivity index (χ0n) is 19.7. The molecule has 10 heteroatoms. The predicted molar refractivity (Wildman–Crippen MR) is 140 cm³/mol. The average molecular weight is 558 g/mol. The van der Waals surface area contributed by atoms with Gasteiger partial charge in [-0.15, -0.1) is 0 Å². The predicted octanol–water partition coefficient (Wildman–Crippen LogP) is 7.95. The standard InChI is InChI=1S/C28H20Cl2F3N3O2/c29-23-9-8-17(14-24(23)30)22-13-18-15-34-26(35-25(18)21-7-2-1-6-20(21)22)36-27(37)38-11-10-16-4-3-5-19(12-16)28(31,32)33/h1-9,12,14-15,22H,10-11,13H2,(H,34,35,36,37). The maximum Gasteiger partial charge on any atom is 0.416 e. The second-order valence-corrected chi connectivity index (χ2v) is 9.61. The molecule has 0 bridgehead atoms. The van der Waals surface area contributed by atoms with Crippen molar-refractivity contribution in [3.8, 4) is 11.3 Å². The normalized spacial score (nSPS) is 14.4. The number of nitrogens with zero attached hydrogens (tertiary/aromatic N) is 2. The fourth-order valence-corrected chi connectivity index (χ4v) is 4.82. The summed E-state index contributed by atoms with van der Waals surface area (Å²) < 4.78 is 43.8. The van der Waals surface area contributed by atoms with Gasteiger partial charge in [-0.05, 0) is 46.9 Å². The first kappa shape index (κ1) is 26.0. The largest absolute Gasteiger partial charge is 0.449 e. The fourth-order valence-electron chi connectivity index (χ4n) is 4.51. The van der Waals surface area contributed by atoms with Gasteiger partial charge in [0.1, 0.15) is 0 Å². The molecule has 38 heavy (non-hydrogen) atoms. The summed E-state index contributed by atoms with van der Waals surface area (Å²) in [7, 11) is 0. The number of benzene rings is 3. The van der Waals surface area contributed by atoms with Crippen LogP contribution in [0.5, 0.6) is 0 Å². The van der Waals surface area contributed by atoms with Crippen molar-refractivity contribution < 1.29 is 22.7 Å². The fraction of sp³-hybridized carbons (Fsp3) is 0.179. The number of rotatable bonds is 5. The van der Waals surface area contributed by atoms with E-state index in [-0.39, 0.29) is 24.9 Å². The van der Waals surface area contributed by atoms with Crippen LogP contribution in [0.15, 0.2) is 72.9 Å². The number of alkyl halides is 3. The van der Waals surface area contributed by atoms with Gasteiger partial charge in [0.25, 0.3) is 0 Å². The van der Waals surface area contributed by atoms with Crippen LogP contribution < -0.4 is 5.32 Å². The number of hydrogen-bond acceptors (Lipinski definition) is 4. The van der Waals surface area contributed by atoms with Crippen LogP contribution in [0.25, 0.3) is 11.3 Å². The van der Waals surface area contributed by atoms with Gasteiger partial charge >= 0.3 is 12.3 Å². The molecule has 4 aromatic rings. The van der Waals surface area contributed by atoms with Crippen molar-refractivity contribution in [3.05, 3.63) is 111 Å². The SMILES string of the molecule is O=C(Nc1ncc2c(n1)-c1ccccc1C(c1ccc(Cl)c(Cl)c1)C2)OCCc1cccc(C(F)(F)F)c1. The average Bonchev–Trinajstić information content (AvgIpc) is 2.89. The Hall–Kier alpha value is -3.62. The van der Waals surface area contributed by atoms with E-state index < -0.39 is 17.8 Å². The number of nitrogens with one attached hydrogen (secondary N) is 1. The molecule has 5 nitrogen and oxygen atoms in total. The number of hydrogen-bond donors (Lipinski definition) is 1. The summed E-state index contributed by atoms with van der Waals surface area (Å²) >= 11 is 12.4. The summed E-state index contributed by atoms with van der Waals surface area (Å²) in [6, 6.07) is 18.4. The highest BCUT2D eigenvalue weighted by Crippen LogP contribution is 2.42. The molecule has 194 valence electrons. The molecule has 1 N–H and O–H groups in total. The summed E-state index contributed by atoms with van der Waals surface area (Å²) in [6.45, 7) is -0.105. The molecule has 1 aliphatic rings. The Kier molecular flexibility index (Phi) is 7.27. The number of aromatic nitrogens is 2. The van der Waals surface area contributed by atoms with E-state index in [1.54, 1.807) is 18.3 Å². The third-order valence-corrected chi connectivity index (χ3v) is 7.06. The minimum Gasteiger partial charge on any atom is -0.449 e. The lowest BCUT2D eigenvalue weighted by molar-refractivity contribution is -0.137. The van der Waals surface area contributed by atoms with Gasteiger partial charge in [0.05, 0.1) is 27.9 Å². The highest BCUT2D eigenvalue weighted by molar-refractivity contribution is 6.42. The number of halogens is 5. The number of fused-ring (bicyclic) bond motifs is 3. The molecule has 3 aromatic carbocycles. The van der Waals surface area contributed by atoms with Gasteiger partial charge in [-0.2, -0.15) is 13.2 Å². The Morgan fingerprint density at radius 1 is 1.03 bits per heavy atom. The van der Waals surface area contributed by atoms with E-state index in [0.29, 0.717) is 27.7 Å². The van der Waals surface area contributed by atoms with Crippen LogP contribution in [0.3, 0.4) is 0 Å². The zero-order chi connectivity index (χ0) is 26.9. The van der Waals surface area contributed by atoms with Crippen LogP contribution in [0.4, 0.5) is 23.9 Å². The number of amides is 1. The summed E-state index contributed by atoms with van der Waals surface area (Å²) in [5, 5.41) is 3.47. The highest BCUT2D eigenvalue weighted by atomic mass is 35.5. The van der Waals surface area contributed by atoms with Crippen molar-refractivity contribution in [2.24, 2.45) is 0 Å². The van der Waals surface area contributed by atoms with E-state index in [0.717, 1.165) is 34.4 Å². The summed E-state index contributed by atoms with van der Waals surface area (Å²) in [6.07, 6.45) is -2.80. The van der Waals surface area contributed by atoms with Crippen molar-refractivity contribution in [3.63, 3.8) is 0 Å². The van der Waals surface area contributed by atoms with E-state index >= 15 is 0 Å². The molecule has 0 spiro atoms. The van der Waals surface area contributed by atoms with E-state index in [4.69, 9.17) is 27.9 Å². The molecule has 1 aliphatic carbocycles. The van der Waals surface area contributed by atoms with Crippen molar-refractivity contribution in [2.45, 2.75) is 24.9 Å². The molecule has 0 saturated carbocycles. The third kappa shape index (κ3) is 5.61. The van der Waals surface area contributed by atoms with Crippen LogP contribution in [0, 0.1) is 0 Å². The first-order chi connectivity index (χ1) is 18.2. The topological polar surface area (TPSA) is 64.1 Å². The van der Waals surface area contributed by atoms with E-state index in [2.05, 4.69) is 15.3 Å². The van der Waals surface area contributed by atoms with Gasteiger partial charge < -0.3 is 4.74 Å². The minimum absolute atomic E-state index is 0.0247. The van der Waals surface area contributed by atoms with Gasteiger partial charge in [-0.3, -0.25) is 5.32 Å². The Balaban J connectivity index is 1.28. The Morgan fingerprint density at radius 3 is 2.63 bits per heavy atom. The van der Waals surface area contributed by atoms with Crippen LogP contribution in [0.1, 0.15) is 33.7 Å². The lowest BCUT2D eigenvalue weighted by atomic mass is 9.78. The first-order valence-corrected chi connectivity index (χ1v) is 12.4. The molecular formula is C28H20Cl2F3N3O2. The van der Waals surface area contributed by atoms with Crippen molar-refractivity contribution in [1.29, 1.82) is 0 Å². The van der Waals surface area contributed by atoms with Crippen molar-refractivity contribution in [1.82, 2.24) is 9.97 Å². The van der Waals surface area contributed by atoms with Crippen LogP contribution in [0.2, 0.25) is 10.0 Å². The third-order valence-electron chi connectivity index (χ3n) is 6.32. The zero-order valence-corrected chi connectivity index (χ0v) is 21.2. The van der Waals surface area contributed by atoms with Gasteiger partial charge in [-0.1, -0.05) is 71.7 Å². The lowest BCUT2D eigenvalue weighted by Gasteiger charge is -2.27. The molecule has 5 rings (SSSR count). The molecule has 1 amide bonds. The number of carbonyl (C=O) groups is 1. The van der Waals surface area contributed by atoms with Gasteiger partial charge in [0.15, 0.2) is 0 Å². The number of anilines is 1. The van der Waals surface area contributed by atoms with Crippen LogP contribution in [-0.4, -0.2) is 22.7 Å². The highest BCUT2D eigenvalue weighted by Gasteiger charge is 2.30. The summed E-state index contributed by atoms with van der Waals surface area (Å²) in [5.41, 5.74) is 4.26. The van der Waals surface area contributed by atoms with E-state index in [9.17, 15) is 18.0 Å². The number of carbonyl (C=O) groups excluding carboxylic acids is 1. The molecule has 1 heterocycles. The minimum atomic E-state index is -4.43. The maximum absolute atomic E-state index is 12.9. The van der Waals surface area contributed by atoms with Crippen molar-refractivity contribution >= 4 is 35.2 Å². The summed E-state index contributed by atoms with van der Waals surface area (Å²) in [5.74, 6) is 0.0901. The van der Waals surface area contributed by atoms with Crippen LogP contribution in [-0.2, 0) is 23.8 Å². The lowest BCUT2D eigenvalue weighted by Crippen LogP contribution is -2.19. The molecule has 1 unspecified atom stereocenters. The number of ether oxygens (including phenoxy) is 1. The van der Waals surface area contributed by atoms with E-state index in [1.165, 1.54) is 6.07 Å². The van der Waals surface area contributed by atoms with Crippen molar-refractivity contribution in [2.75, 3.05) is 11.9 Å². The molecule has 0 aliphatic heterocycles. The molecule has 1 atom stereocenters. The van der Waals surface area contributed by atoms with E-state index in [1.807, 2.05) is 36.4 Å². The first-order valence-electron chi connectivity index (χ1n) is 11.7. The Morgan fingerprint density at radius 2 is 1.84 bits per heavy atom. The van der Waals surface area contributed by atoms with Gasteiger partial charge in [-0.25, -0.2) is 14.8 Å². The Bertz CT molecular complexity index is 1510. The van der Waals surface area contributed by atoms with Gasteiger partial charge in [0.2, 0.25) is 5.95 Å². The molecule has 0 saturated heterocycles. The molecule has 0 radical (unpaired) electrons. The quantitative estimate of drug-likeness (QED) is 0.270. The smallest absolute Gasteiger partial charge is 0.416 e.